The third-order valence-corrected chi connectivity index (χ3v) is 6.16. The smallest absolute Gasteiger partial charge is 0.0894 e. The van der Waals surface area contributed by atoms with Gasteiger partial charge in [0.1, 0.15) is 0 Å². The van der Waals surface area contributed by atoms with Crippen molar-refractivity contribution >= 4 is 35.2 Å². The van der Waals surface area contributed by atoms with E-state index in [1.807, 2.05) is 54.7 Å². The number of aryl methyl sites for hydroxylation is 1. The molecule has 0 saturated heterocycles. The van der Waals surface area contributed by atoms with Crippen LogP contribution in [-0.2, 0) is 0 Å². The summed E-state index contributed by atoms with van der Waals surface area (Å²) in [5, 5.41) is 3.58. The van der Waals surface area contributed by atoms with Gasteiger partial charge in [-0.05, 0) is 61.9 Å². The first-order chi connectivity index (χ1) is 16.7. The van der Waals surface area contributed by atoms with Gasteiger partial charge in [-0.25, -0.2) is 4.98 Å². The molecule has 0 unspecified atom stereocenters. The molecule has 1 aromatic heterocycles. The molecule has 0 atom stereocenters. The molecule has 0 amide bonds. The van der Waals surface area contributed by atoms with Gasteiger partial charge in [0.2, 0.25) is 0 Å². The Kier molecular flexibility index (Phi) is 7.82. The maximum absolute atomic E-state index is 4.62. The molecule has 4 heteroatoms. The van der Waals surface area contributed by atoms with Gasteiger partial charge in [0.05, 0.1) is 34.3 Å². The largest absolute Gasteiger partial charge is 0.381 e. The SMILES string of the molecule is C=Cc1ccc(NC2CCCCC2)c(N=C)c1.Cc1ccc2nc(-c3ccccc3)cnc2c1. The van der Waals surface area contributed by atoms with Crippen molar-refractivity contribution in [3.8, 4) is 11.3 Å². The normalized spacial score (nSPS) is 13.6. The van der Waals surface area contributed by atoms with Gasteiger partial charge in [-0.1, -0.05) is 74.4 Å². The number of rotatable bonds is 5. The van der Waals surface area contributed by atoms with Crippen LogP contribution in [0.1, 0.15) is 43.2 Å². The van der Waals surface area contributed by atoms with E-state index < -0.39 is 0 Å². The Morgan fingerprint density at radius 3 is 2.47 bits per heavy atom. The molecule has 5 rings (SSSR count). The van der Waals surface area contributed by atoms with Crippen LogP contribution in [0.4, 0.5) is 11.4 Å². The Morgan fingerprint density at radius 1 is 0.941 bits per heavy atom. The minimum atomic E-state index is 0.596. The number of aliphatic imine (C=N–C) groups is 1. The summed E-state index contributed by atoms with van der Waals surface area (Å²) in [6, 6.07) is 23.0. The van der Waals surface area contributed by atoms with Gasteiger partial charge >= 0.3 is 0 Å². The highest BCUT2D eigenvalue weighted by molar-refractivity contribution is 5.77. The zero-order valence-electron chi connectivity index (χ0n) is 19.9. The molecule has 34 heavy (non-hydrogen) atoms. The van der Waals surface area contributed by atoms with Crippen LogP contribution in [0.3, 0.4) is 0 Å². The number of fused-ring (bicyclic) bond motifs is 1. The van der Waals surface area contributed by atoms with Gasteiger partial charge in [-0.3, -0.25) is 9.98 Å². The highest BCUT2D eigenvalue weighted by Crippen LogP contribution is 2.29. The molecule has 1 aliphatic rings. The average Bonchev–Trinajstić information content (AvgIpc) is 2.90. The summed E-state index contributed by atoms with van der Waals surface area (Å²) < 4.78 is 0. The summed E-state index contributed by atoms with van der Waals surface area (Å²) in [5.41, 5.74) is 8.22. The molecule has 0 bridgehead atoms. The van der Waals surface area contributed by atoms with Crippen LogP contribution in [0.2, 0.25) is 0 Å². The van der Waals surface area contributed by atoms with Gasteiger partial charge < -0.3 is 5.32 Å². The third-order valence-electron chi connectivity index (χ3n) is 6.16. The maximum Gasteiger partial charge on any atom is 0.0894 e. The van der Waals surface area contributed by atoms with E-state index in [1.54, 1.807) is 0 Å². The van der Waals surface area contributed by atoms with E-state index in [1.165, 1.54) is 37.7 Å². The average molecular weight is 449 g/mol. The number of hydrogen-bond acceptors (Lipinski definition) is 4. The molecular weight excluding hydrogens is 416 g/mol. The number of benzene rings is 3. The fraction of sp³-hybridized carbons (Fsp3) is 0.233. The molecule has 172 valence electrons. The molecule has 1 aliphatic carbocycles. The van der Waals surface area contributed by atoms with Crippen molar-refractivity contribution in [3.63, 3.8) is 0 Å². The van der Waals surface area contributed by atoms with Crippen LogP contribution in [0.15, 0.2) is 84.5 Å². The van der Waals surface area contributed by atoms with E-state index in [-0.39, 0.29) is 0 Å². The summed E-state index contributed by atoms with van der Waals surface area (Å²) in [6.45, 7) is 9.47. The van der Waals surface area contributed by atoms with Crippen LogP contribution in [0.25, 0.3) is 28.4 Å². The van der Waals surface area contributed by atoms with Crippen LogP contribution >= 0.6 is 0 Å². The van der Waals surface area contributed by atoms with Gasteiger partial charge in [-0.15, -0.1) is 0 Å². The topological polar surface area (TPSA) is 50.2 Å². The zero-order valence-corrected chi connectivity index (χ0v) is 19.9. The van der Waals surface area contributed by atoms with Crippen molar-refractivity contribution in [2.75, 3.05) is 5.32 Å². The Morgan fingerprint density at radius 2 is 1.74 bits per heavy atom. The lowest BCUT2D eigenvalue weighted by molar-refractivity contribution is 0.463. The lowest BCUT2D eigenvalue weighted by Crippen LogP contribution is -2.22. The Hall–Kier alpha value is -3.79. The number of nitrogens with one attached hydrogen (secondary N) is 1. The third kappa shape index (κ3) is 5.96. The molecule has 1 heterocycles. The second kappa shape index (κ2) is 11.4. The fourth-order valence-electron chi connectivity index (χ4n) is 4.26. The van der Waals surface area contributed by atoms with E-state index >= 15 is 0 Å². The highest BCUT2D eigenvalue weighted by atomic mass is 14.9. The highest BCUT2D eigenvalue weighted by Gasteiger charge is 2.14. The predicted molar refractivity (Wildman–Crippen MR) is 146 cm³/mol. The minimum absolute atomic E-state index is 0.596. The van der Waals surface area contributed by atoms with E-state index in [2.05, 4.69) is 64.8 Å². The first kappa shape index (κ1) is 23.4. The molecule has 0 radical (unpaired) electrons. The fourth-order valence-corrected chi connectivity index (χ4v) is 4.26. The maximum atomic E-state index is 4.62. The minimum Gasteiger partial charge on any atom is -0.381 e. The number of anilines is 1. The predicted octanol–water partition coefficient (Wildman–Crippen LogP) is 8.01. The quantitative estimate of drug-likeness (QED) is 0.315. The first-order valence-corrected chi connectivity index (χ1v) is 11.9. The molecule has 3 aromatic carbocycles. The summed E-state index contributed by atoms with van der Waals surface area (Å²) >= 11 is 0. The van der Waals surface area contributed by atoms with Gasteiger partial charge in [0.25, 0.3) is 0 Å². The number of nitrogens with zero attached hydrogens (tertiary/aromatic N) is 3. The monoisotopic (exact) mass is 448 g/mol. The molecule has 1 fully saturated rings. The van der Waals surface area contributed by atoms with Crippen molar-refractivity contribution in [1.29, 1.82) is 0 Å². The lowest BCUT2D eigenvalue weighted by Gasteiger charge is -2.24. The second-order valence-electron chi connectivity index (χ2n) is 8.73. The van der Waals surface area contributed by atoms with Crippen LogP contribution in [-0.4, -0.2) is 22.7 Å². The molecule has 0 spiro atoms. The van der Waals surface area contributed by atoms with Crippen molar-refractivity contribution in [2.45, 2.75) is 45.1 Å². The van der Waals surface area contributed by atoms with E-state index in [4.69, 9.17) is 0 Å². The number of hydrogen-bond donors (Lipinski definition) is 1. The van der Waals surface area contributed by atoms with Crippen molar-refractivity contribution in [3.05, 3.63) is 90.6 Å². The summed E-state index contributed by atoms with van der Waals surface area (Å²) in [4.78, 5) is 13.2. The standard InChI is InChI=1S/C15H12N2.C15H20N2/c1-11-7-8-13-14(9-11)16-10-15(17-13)12-5-3-2-4-6-12;1-3-12-9-10-14(15(11-12)16-2)17-13-7-5-4-6-8-13/h2-10H,1H3;3,9-11,13,17H,1-2,4-8H2. The van der Waals surface area contributed by atoms with Crippen LogP contribution in [0.5, 0.6) is 0 Å². The molecule has 0 aliphatic heterocycles. The van der Waals surface area contributed by atoms with E-state index in [0.29, 0.717) is 6.04 Å². The molecule has 1 saturated carbocycles. The van der Waals surface area contributed by atoms with Gasteiger partial charge in [-0.2, -0.15) is 0 Å². The second-order valence-corrected chi connectivity index (χ2v) is 8.73. The Labute approximate surface area is 202 Å². The van der Waals surface area contributed by atoms with Gasteiger partial charge in [0, 0.05) is 11.6 Å². The van der Waals surface area contributed by atoms with Crippen molar-refractivity contribution in [2.24, 2.45) is 4.99 Å². The Bertz CT molecular complexity index is 1260. The van der Waals surface area contributed by atoms with Crippen LogP contribution < -0.4 is 5.32 Å². The van der Waals surface area contributed by atoms with E-state index in [9.17, 15) is 0 Å². The van der Waals surface area contributed by atoms with Gasteiger partial charge in [0.15, 0.2) is 0 Å². The molecule has 1 N–H and O–H groups in total. The zero-order chi connectivity index (χ0) is 23.8. The molecular formula is C30H32N4. The van der Waals surface area contributed by atoms with Crippen molar-refractivity contribution in [1.82, 2.24) is 9.97 Å². The molecule has 4 aromatic rings. The lowest BCUT2D eigenvalue weighted by atomic mass is 9.95. The number of aromatic nitrogens is 2. The summed E-state index contributed by atoms with van der Waals surface area (Å²) in [7, 11) is 0. The van der Waals surface area contributed by atoms with Crippen molar-refractivity contribution < 1.29 is 0 Å². The Balaban J connectivity index is 0.000000161. The van der Waals surface area contributed by atoms with Crippen LogP contribution in [0, 0.1) is 6.92 Å². The molecule has 4 nitrogen and oxygen atoms in total. The summed E-state index contributed by atoms with van der Waals surface area (Å²) in [5.74, 6) is 0. The first-order valence-electron chi connectivity index (χ1n) is 11.9. The van der Waals surface area contributed by atoms with E-state index in [0.717, 1.165) is 39.2 Å². The summed E-state index contributed by atoms with van der Waals surface area (Å²) in [6.07, 6.45) is 10.2.